The van der Waals surface area contributed by atoms with E-state index in [0.29, 0.717) is 0 Å². The van der Waals surface area contributed by atoms with E-state index < -0.39 is 0 Å². The molecule has 0 N–H and O–H groups in total. The Hall–Kier alpha value is -0.520. The molecule has 0 aliphatic heterocycles. The van der Waals surface area contributed by atoms with Gasteiger partial charge in [-0.15, -0.1) is 0 Å². The van der Waals surface area contributed by atoms with Crippen molar-refractivity contribution in [3.05, 3.63) is 23.3 Å². The van der Waals surface area contributed by atoms with Gasteiger partial charge >= 0.3 is 0 Å². The lowest BCUT2D eigenvalue weighted by atomic mass is 9.53. The highest BCUT2D eigenvalue weighted by atomic mass is 14.5. The van der Waals surface area contributed by atoms with Gasteiger partial charge in [-0.2, -0.15) is 0 Å². The van der Waals surface area contributed by atoms with Crippen LogP contribution in [0.15, 0.2) is 23.3 Å². The molecule has 0 saturated heterocycles. The summed E-state index contributed by atoms with van der Waals surface area (Å²) in [6.45, 7) is 7.07. The fraction of sp³-hybridized carbons (Fsp3) is 0.800. The zero-order valence-corrected chi connectivity index (χ0v) is 13.7. The van der Waals surface area contributed by atoms with Crippen molar-refractivity contribution in [1.82, 2.24) is 0 Å². The quantitative estimate of drug-likeness (QED) is 0.578. The Bertz CT molecular complexity index is 400. The maximum Gasteiger partial charge on any atom is -0.0131 e. The number of rotatable bonds is 3. The molecule has 5 atom stereocenters. The van der Waals surface area contributed by atoms with Crippen LogP contribution in [0.1, 0.15) is 72.1 Å². The third-order valence-electron chi connectivity index (χ3n) is 6.46. The van der Waals surface area contributed by atoms with Crippen LogP contribution in [0, 0.1) is 29.6 Å². The summed E-state index contributed by atoms with van der Waals surface area (Å²) in [7, 11) is 0. The molecule has 0 radical (unpaired) electrons. The third kappa shape index (κ3) is 2.30. The van der Waals surface area contributed by atoms with Crippen LogP contribution in [0.5, 0.6) is 0 Å². The highest BCUT2D eigenvalue weighted by Gasteiger charge is 2.46. The van der Waals surface area contributed by atoms with E-state index in [1.807, 2.05) is 0 Å². The van der Waals surface area contributed by atoms with Gasteiger partial charge < -0.3 is 0 Å². The van der Waals surface area contributed by atoms with E-state index in [1.165, 1.54) is 51.4 Å². The molecule has 0 aromatic heterocycles. The Morgan fingerprint density at radius 1 is 0.850 bits per heavy atom. The van der Waals surface area contributed by atoms with E-state index in [4.69, 9.17) is 0 Å². The summed E-state index contributed by atoms with van der Waals surface area (Å²) in [6.07, 6.45) is 16.5. The van der Waals surface area contributed by atoms with Gasteiger partial charge in [0.15, 0.2) is 0 Å². The molecule has 0 aromatic carbocycles. The van der Waals surface area contributed by atoms with Crippen LogP contribution in [0.2, 0.25) is 0 Å². The summed E-state index contributed by atoms with van der Waals surface area (Å²) in [5.74, 6) is 4.88. The van der Waals surface area contributed by atoms with Crippen LogP contribution in [0.3, 0.4) is 0 Å². The predicted molar refractivity (Wildman–Crippen MR) is 87.6 cm³/mol. The van der Waals surface area contributed by atoms with Gasteiger partial charge in [0, 0.05) is 0 Å². The van der Waals surface area contributed by atoms with Crippen molar-refractivity contribution in [2.24, 2.45) is 29.6 Å². The Balaban J connectivity index is 1.95. The maximum absolute atomic E-state index is 2.59. The van der Waals surface area contributed by atoms with Crippen LogP contribution >= 0.6 is 0 Å². The monoisotopic (exact) mass is 272 g/mol. The Morgan fingerprint density at radius 2 is 1.50 bits per heavy atom. The summed E-state index contributed by atoms with van der Waals surface area (Å²) in [5, 5.41) is 0. The number of hydrogen-bond acceptors (Lipinski definition) is 0. The smallest absolute Gasteiger partial charge is 0.0131 e. The Kier molecular flexibility index (Phi) is 4.38. The minimum absolute atomic E-state index is 0.916. The average molecular weight is 272 g/mol. The summed E-state index contributed by atoms with van der Waals surface area (Å²) in [4.78, 5) is 0. The lowest BCUT2D eigenvalue weighted by molar-refractivity contribution is 0.0596. The molecule has 5 unspecified atom stereocenters. The zero-order valence-electron chi connectivity index (χ0n) is 13.7. The van der Waals surface area contributed by atoms with Crippen molar-refractivity contribution in [3.8, 4) is 0 Å². The SMILES string of the molecule is CCC=C1C(=CCC)C2CCC2C(CC)CC2CCC12. The molecule has 3 aliphatic rings. The fourth-order valence-corrected chi connectivity index (χ4v) is 5.18. The van der Waals surface area contributed by atoms with Gasteiger partial charge in [-0.25, -0.2) is 0 Å². The molecule has 3 fully saturated rings. The molecular weight excluding hydrogens is 240 g/mol. The molecule has 3 aliphatic carbocycles. The van der Waals surface area contributed by atoms with Gasteiger partial charge in [-0.05, 0) is 85.7 Å². The zero-order chi connectivity index (χ0) is 14.1. The first kappa shape index (κ1) is 14.4. The van der Waals surface area contributed by atoms with E-state index in [0.717, 1.165) is 29.6 Å². The lowest BCUT2D eigenvalue weighted by Gasteiger charge is -2.52. The van der Waals surface area contributed by atoms with Gasteiger partial charge in [-0.3, -0.25) is 0 Å². The van der Waals surface area contributed by atoms with Crippen LogP contribution < -0.4 is 0 Å². The second kappa shape index (κ2) is 6.08. The first-order valence-corrected chi connectivity index (χ1v) is 9.20. The molecule has 3 saturated carbocycles. The van der Waals surface area contributed by atoms with Crippen LogP contribution in [-0.4, -0.2) is 0 Å². The Labute approximate surface area is 125 Å². The molecule has 0 nitrogen and oxygen atoms in total. The molecule has 0 amide bonds. The molecule has 0 heterocycles. The number of allylic oxidation sites excluding steroid dienone is 4. The molecule has 20 heavy (non-hydrogen) atoms. The van der Waals surface area contributed by atoms with Crippen LogP contribution in [-0.2, 0) is 0 Å². The molecule has 0 spiro atoms. The van der Waals surface area contributed by atoms with E-state index >= 15 is 0 Å². The largest absolute Gasteiger partial charge is 0.0810 e. The topological polar surface area (TPSA) is 0 Å². The molecule has 3 rings (SSSR count). The standard InChI is InChI=1S/C20H32/c1-4-7-18-17-10-9-15(17)13-14(6-3)16-11-12-20(16)19(18)8-5-2/h7-8,14-17,20H,4-6,9-13H2,1-3H3. The summed E-state index contributed by atoms with van der Waals surface area (Å²) < 4.78 is 0. The van der Waals surface area contributed by atoms with Gasteiger partial charge in [0.25, 0.3) is 0 Å². The highest BCUT2D eigenvalue weighted by molar-refractivity contribution is 5.39. The maximum atomic E-state index is 2.59. The summed E-state index contributed by atoms with van der Waals surface area (Å²) >= 11 is 0. The lowest BCUT2D eigenvalue weighted by Crippen LogP contribution is -2.42. The minimum Gasteiger partial charge on any atom is -0.0810 e. The summed E-state index contributed by atoms with van der Waals surface area (Å²) in [6, 6.07) is 0. The van der Waals surface area contributed by atoms with Crippen LogP contribution in [0.25, 0.3) is 0 Å². The van der Waals surface area contributed by atoms with Crippen molar-refractivity contribution < 1.29 is 0 Å². The second-order valence-corrected chi connectivity index (χ2v) is 7.33. The minimum atomic E-state index is 0.916. The van der Waals surface area contributed by atoms with Crippen molar-refractivity contribution in [1.29, 1.82) is 0 Å². The predicted octanol–water partition coefficient (Wildman–Crippen LogP) is 6.14. The van der Waals surface area contributed by atoms with E-state index in [9.17, 15) is 0 Å². The van der Waals surface area contributed by atoms with E-state index in [1.54, 1.807) is 11.1 Å². The molecule has 0 bridgehead atoms. The first-order chi connectivity index (χ1) is 9.80. The van der Waals surface area contributed by atoms with Crippen LogP contribution in [0.4, 0.5) is 0 Å². The number of hydrogen-bond donors (Lipinski definition) is 0. The number of fused-ring (bicyclic) bond motifs is 2. The first-order valence-electron chi connectivity index (χ1n) is 9.20. The molecular formula is C20H32. The van der Waals surface area contributed by atoms with Crippen molar-refractivity contribution in [3.63, 3.8) is 0 Å². The van der Waals surface area contributed by atoms with Crippen molar-refractivity contribution >= 4 is 0 Å². The van der Waals surface area contributed by atoms with Gasteiger partial charge in [-0.1, -0.05) is 39.3 Å². The van der Waals surface area contributed by atoms with E-state index in [2.05, 4.69) is 32.9 Å². The molecule has 0 heteroatoms. The van der Waals surface area contributed by atoms with Crippen molar-refractivity contribution in [2.45, 2.75) is 72.1 Å². The normalized spacial score (nSPS) is 44.0. The fourth-order valence-electron chi connectivity index (χ4n) is 5.18. The second-order valence-electron chi connectivity index (χ2n) is 7.33. The summed E-state index contributed by atoms with van der Waals surface area (Å²) in [5.41, 5.74) is 3.58. The van der Waals surface area contributed by atoms with Gasteiger partial charge in [0.1, 0.15) is 0 Å². The molecule has 0 aromatic rings. The highest BCUT2D eigenvalue weighted by Crippen LogP contribution is 2.57. The average Bonchev–Trinajstić information content (AvgIpc) is 2.38. The third-order valence-corrected chi connectivity index (χ3v) is 6.46. The van der Waals surface area contributed by atoms with Crippen molar-refractivity contribution in [2.75, 3.05) is 0 Å². The molecule has 112 valence electrons. The van der Waals surface area contributed by atoms with E-state index in [-0.39, 0.29) is 0 Å². The van der Waals surface area contributed by atoms with Gasteiger partial charge in [0.05, 0.1) is 0 Å². The Morgan fingerprint density at radius 3 is 1.95 bits per heavy atom. The van der Waals surface area contributed by atoms with Gasteiger partial charge in [0.2, 0.25) is 0 Å².